The zero-order chi connectivity index (χ0) is 15.5. The number of carbonyl (C=O) groups excluding carboxylic acids is 1. The van der Waals surface area contributed by atoms with E-state index in [-0.39, 0.29) is 12.3 Å². The van der Waals surface area contributed by atoms with Gasteiger partial charge in [0.05, 0.1) is 12.1 Å². The number of thiazole rings is 1. The van der Waals surface area contributed by atoms with E-state index in [0.717, 1.165) is 10.6 Å². The van der Waals surface area contributed by atoms with Gasteiger partial charge < -0.3 is 10.4 Å². The number of amides is 1. The van der Waals surface area contributed by atoms with Gasteiger partial charge in [-0.2, -0.15) is 0 Å². The molecule has 6 heteroatoms. The van der Waals surface area contributed by atoms with Gasteiger partial charge in [-0.1, -0.05) is 30.3 Å². The third-order valence-corrected chi connectivity index (χ3v) is 3.84. The number of carboxylic acid groups (broad SMARTS) is 1. The number of aliphatic carboxylic acids is 1. The Labute approximate surface area is 126 Å². The fourth-order valence-electron chi connectivity index (χ4n) is 1.71. The van der Waals surface area contributed by atoms with Gasteiger partial charge in [-0.25, -0.2) is 9.78 Å². The third kappa shape index (κ3) is 3.88. The number of hydrogen-bond donors (Lipinski definition) is 2. The molecule has 1 aromatic carbocycles. The predicted octanol–water partition coefficient (Wildman–Crippen LogP) is 2.33. The maximum atomic E-state index is 11.9. The van der Waals surface area contributed by atoms with E-state index in [0.29, 0.717) is 5.69 Å². The second kappa shape index (κ2) is 6.05. The van der Waals surface area contributed by atoms with Crippen LogP contribution in [-0.4, -0.2) is 27.5 Å². The van der Waals surface area contributed by atoms with Gasteiger partial charge >= 0.3 is 5.97 Å². The molecule has 0 saturated carbocycles. The molecule has 0 aliphatic heterocycles. The molecule has 5 nitrogen and oxygen atoms in total. The van der Waals surface area contributed by atoms with Gasteiger partial charge in [0.15, 0.2) is 0 Å². The normalized spacial score (nSPS) is 11.1. The Bertz CT molecular complexity index is 650. The fraction of sp³-hybridized carbons (Fsp3) is 0.267. The smallest absolute Gasteiger partial charge is 0.328 e. The molecule has 0 spiro atoms. The van der Waals surface area contributed by atoms with Crippen molar-refractivity contribution in [2.24, 2.45) is 0 Å². The van der Waals surface area contributed by atoms with E-state index in [1.807, 2.05) is 35.7 Å². The molecule has 0 atom stereocenters. The molecule has 1 amide bonds. The fourth-order valence-corrected chi connectivity index (χ4v) is 2.54. The van der Waals surface area contributed by atoms with Crippen LogP contribution < -0.4 is 5.32 Å². The molecule has 1 heterocycles. The van der Waals surface area contributed by atoms with Crippen LogP contribution in [-0.2, 0) is 16.0 Å². The molecule has 0 saturated heterocycles. The van der Waals surface area contributed by atoms with Crippen molar-refractivity contribution in [3.05, 3.63) is 41.4 Å². The van der Waals surface area contributed by atoms with Crippen molar-refractivity contribution in [2.75, 3.05) is 0 Å². The first-order chi connectivity index (χ1) is 9.88. The monoisotopic (exact) mass is 304 g/mol. The molecule has 2 aromatic rings. The van der Waals surface area contributed by atoms with Gasteiger partial charge in [0.1, 0.15) is 10.5 Å². The number of nitrogens with one attached hydrogen (secondary N) is 1. The topological polar surface area (TPSA) is 79.3 Å². The Morgan fingerprint density at radius 1 is 1.29 bits per heavy atom. The molecule has 110 valence electrons. The number of benzene rings is 1. The van der Waals surface area contributed by atoms with Crippen molar-refractivity contribution in [1.29, 1.82) is 0 Å². The summed E-state index contributed by atoms with van der Waals surface area (Å²) < 4.78 is 0. The lowest BCUT2D eigenvalue weighted by molar-refractivity contribution is -0.145. The summed E-state index contributed by atoms with van der Waals surface area (Å²) in [6.07, 6.45) is 0.0695. The zero-order valence-corrected chi connectivity index (χ0v) is 12.6. The van der Waals surface area contributed by atoms with Gasteiger partial charge in [0.2, 0.25) is 5.91 Å². The van der Waals surface area contributed by atoms with Crippen LogP contribution in [0, 0.1) is 0 Å². The molecule has 0 aliphatic rings. The van der Waals surface area contributed by atoms with Crippen molar-refractivity contribution < 1.29 is 14.7 Å². The summed E-state index contributed by atoms with van der Waals surface area (Å²) in [5, 5.41) is 14.1. The number of carboxylic acids is 1. The standard InChI is InChI=1S/C15H16N2O3S/c1-15(2,14(19)20)17-12(18)8-11-9-21-13(16-11)10-6-4-3-5-7-10/h3-7,9H,8H2,1-2H3,(H,17,18)(H,19,20). The molecule has 2 rings (SSSR count). The molecule has 21 heavy (non-hydrogen) atoms. The lowest BCUT2D eigenvalue weighted by Crippen LogP contribution is -2.50. The first kappa shape index (κ1) is 15.2. The number of aromatic nitrogens is 1. The van der Waals surface area contributed by atoms with Gasteiger partial charge in [-0.05, 0) is 13.8 Å². The molecule has 0 unspecified atom stereocenters. The van der Waals surface area contributed by atoms with Crippen molar-refractivity contribution in [3.8, 4) is 10.6 Å². The molecule has 0 fully saturated rings. The lowest BCUT2D eigenvalue weighted by atomic mass is 10.1. The van der Waals surface area contributed by atoms with E-state index in [9.17, 15) is 9.59 Å². The average molecular weight is 304 g/mol. The number of rotatable bonds is 5. The van der Waals surface area contributed by atoms with E-state index in [1.165, 1.54) is 25.2 Å². The summed E-state index contributed by atoms with van der Waals surface area (Å²) in [6.45, 7) is 2.90. The Morgan fingerprint density at radius 3 is 2.57 bits per heavy atom. The summed E-state index contributed by atoms with van der Waals surface area (Å²) in [7, 11) is 0. The van der Waals surface area contributed by atoms with Gasteiger partial charge in [-0.15, -0.1) is 11.3 Å². The highest BCUT2D eigenvalue weighted by atomic mass is 32.1. The maximum Gasteiger partial charge on any atom is 0.328 e. The second-order valence-electron chi connectivity index (χ2n) is 5.17. The van der Waals surface area contributed by atoms with E-state index in [2.05, 4.69) is 10.3 Å². The first-order valence-electron chi connectivity index (χ1n) is 6.43. The van der Waals surface area contributed by atoms with Gasteiger partial charge in [-0.3, -0.25) is 4.79 Å². The molecule has 1 aromatic heterocycles. The third-order valence-electron chi connectivity index (χ3n) is 2.90. The minimum atomic E-state index is -1.28. The van der Waals surface area contributed by atoms with Crippen LogP contribution in [0.25, 0.3) is 10.6 Å². The summed E-state index contributed by atoms with van der Waals surface area (Å²) >= 11 is 1.46. The van der Waals surface area contributed by atoms with Crippen LogP contribution in [0.5, 0.6) is 0 Å². The minimum Gasteiger partial charge on any atom is -0.480 e. The van der Waals surface area contributed by atoms with Crippen LogP contribution in [0.1, 0.15) is 19.5 Å². The van der Waals surface area contributed by atoms with E-state index < -0.39 is 11.5 Å². The van der Waals surface area contributed by atoms with Crippen LogP contribution in [0.3, 0.4) is 0 Å². The van der Waals surface area contributed by atoms with E-state index >= 15 is 0 Å². The van der Waals surface area contributed by atoms with Gasteiger partial charge in [0, 0.05) is 10.9 Å². The molecule has 0 bridgehead atoms. The zero-order valence-electron chi connectivity index (χ0n) is 11.8. The molecular formula is C15H16N2O3S. The molecule has 0 radical (unpaired) electrons. The van der Waals surface area contributed by atoms with E-state index in [1.54, 1.807) is 0 Å². The first-order valence-corrected chi connectivity index (χ1v) is 7.31. The summed E-state index contributed by atoms with van der Waals surface area (Å²) in [4.78, 5) is 27.2. The second-order valence-corrected chi connectivity index (χ2v) is 6.02. The number of nitrogens with zero attached hydrogens (tertiary/aromatic N) is 1. The maximum absolute atomic E-state index is 11.9. The number of hydrogen-bond acceptors (Lipinski definition) is 4. The lowest BCUT2D eigenvalue weighted by Gasteiger charge is -2.20. The average Bonchev–Trinajstić information content (AvgIpc) is 2.87. The van der Waals surface area contributed by atoms with E-state index in [4.69, 9.17) is 5.11 Å². The Kier molecular flexibility index (Phi) is 4.37. The number of carbonyl (C=O) groups is 2. The summed E-state index contributed by atoms with van der Waals surface area (Å²) in [5.41, 5.74) is 0.354. The van der Waals surface area contributed by atoms with Crippen LogP contribution in [0.2, 0.25) is 0 Å². The highest BCUT2D eigenvalue weighted by molar-refractivity contribution is 7.13. The van der Waals surface area contributed by atoms with Gasteiger partial charge in [0.25, 0.3) is 0 Å². The molecule has 0 aliphatic carbocycles. The largest absolute Gasteiger partial charge is 0.480 e. The van der Waals surface area contributed by atoms with Crippen molar-refractivity contribution in [3.63, 3.8) is 0 Å². The molecular weight excluding hydrogens is 288 g/mol. The van der Waals surface area contributed by atoms with Crippen molar-refractivity contribution in [2.45, 2.75) is 25.8 Å². The predicted molar refractivity (Wildman–Crippen MR) is 81.1 cm³/mol. The van der Waals surface area contributed by atoms with Crippen LogP contribution >= 0.6 is 11.3 Å². The van der Waals surface area contributed by atoms with Crippen molar-refractivity contribution in [1.82, 2.24) is 10.3 Å². The highest BCUT2D eigenvalue weighted by Crippen LogP contribution is 2.23. The Hall–Kier alpha value is -2.21. The highest BCUT2D eigenvalue weighted by Gasteiger charge is 2.28. The SMILES string of the molecule is CC(C)(NC(=O)Cc1csc(-c2ccccc2)n1)C(=O)O. The summed E-state index contributed by atoms with van der Waals surface area (Å²) in [6, 6.07) is 9.70. The summed E-state index contributed by atoms with van der Waals surface area (Å²) in [5.74, 6) is -1.42. The van der Waals surface area contributed by atoms with Crippen molar-refractivity contribution >= 4 is 23.2 Å². The Balaban J connectivity index is 2.03. The van der Waals surface area contributed by atoms with Crippen LogP contribution in [0.15, 0.2) is 35.7 Å². The quantitative estimate of drug-likeness (QED) is 0.888. The molecule has 2 N–H and O–H groups in total. The van der Waals surface area contributed by atoms with Crippen LogP contribution in [0.4, 0.5) is 0 Å². The Morgan fingerprint density at radius 2 is 1.95 bits per heavy atom. The minimum absolute atomic E-state index is 0.0695.